The van der Waals surface area contributed by atoms with Crippen LogP contribution in [0.4, 0.5) is 0 Å². The van der Waals surface area contributed by atoms with E-state index in [1.54, 1.807) is 6.07 Å². The fourth-order valence-electron chi connectivity index (χ4n) is 1.80. The molecule has 0 bridgehead atoms. The van der Waals surface area contributed by atoms with E-state index in [0.717, 1.165) is 35.1 Å². The summed E-state index contributed by atoms with van der Waals surface area (Å²) in [7, 11) is 2.09. The molecular weight excluding hydrogens is 362 g/mol. The monoisotopic (exact) mass is 375 g/mol. The van der Waals surface area contributed by atoms with Gasteiger partial charge in [0, 0.05) is 35.1 Å². The highest BCUT2D eigenvalue weighted by atomic mass is 79.9. The van der Waals surface area contributed by atoms with Crippen LogP contribution in [-0.4, -0.2) is 49.0 Å². The Hall–Kier alpha value is -0.430. The molecule has 1 heterocycles. The molecule has 18 heavy (non-hydrogen) atoms. The van der Waals surface area contributed by atoms with Crippen LogP contribution in [0.15, 0.2) is 27.1 Å². The van der Waals surface area contributed by atoms with Gasteiger partial charge in [0.1, 0.15) is 0 Å². The molecule has 98 valence electrons. The summed E-state index contributed by atoms with van der Waals surface area (Å²) in [4.78, 5) is 14.4. The predicted octanol–water partition coefficient (Wildman–Crippen LogP) is 2.10. The number of benzene rings is 1. The Kier molecular flexibility index (Phi) is 4.77. The van der Waals surface area contributed by atoms with Gasteiger partial charge in [0.05, 0.1) is 5.56 Å². The summed E-state index contributed by atoms with van der Waals surface area (Å²) in [6.07, 6.45) is 0. The van der Waals surface area contributed by atoms with Crippen LogP contribution in [0.5, 0.6) is 0 Å². The molecule has 1 amide bonds. The Morgan fingerprint density at radius 1 is 1.22 bits per heavy atom. The average molecular weight is 377 g/mol. The van der Waals surface area contributed by atoms with Crippen LogP contribution in [0, 0.1) is 0 Å². The van der Waals surface area contributed by atoms with Crippen molar-refractivity contribution in [2.75, 3.05) is 33.2 Å². The highest BCUT2D eigenvalue weighted by molar-refractivity contribution is 9.11. The van der Waals surface area contributed by atoms with Gasteiger partial charge in [-0.3, -0.25) is 10.2 Å². The summed E-state index contributed by atoms with van der Waals surface area (Å²) in [6, 6.07) is 5.54. The van der Waals surface area contributed by atoms with Gasteiger partial charge < -0.3 is 4.90 Å². The molecule has 1 saturated heterocycles. The molecule has 0 aromatic heterocycles. The van der Waals surface area contributed by atoms with Crippen molar-refractivity contribution in [2.24, 2.45) is 0 Å². The molecule has 1 aliphatic rings. The number of piperazine rings is 1. The summed E-state index contributed by atoms with van der Waals surface area (Å²) in [6.45, 7) is 3.66. The zero-order valence-corrected chi connectivity index (χ0v) is 13.3. The Labute approximate surface area is 124 Å². The van der Waals surface area contributed by atoms with Gasteiger partial charge >= 0.3 is 0 Å². The Morgan fingerprint density at radius 3 is 2.50 bits per heavy atom. The van der Waals surface area contributed by atoms with Crippen LogP contribution in [-0.2, 0) is 0 Å². The molecule has 4 nitrogen and oxygen atoms in total. The van der Waals surface area contributed by atoms with Gasteiger partial charge in [-0.15, -0.1) is 0 Å². The first-order chi connectivity index (χ1) is 8.56. The fourth-order valence-corrected chi connectivity index (χ4v) is 3.02. The minimum atomic E-state index is -0.0704. The topological polar surface area (TPSA) is 35.6 Å². The Morgan fingerprint density at radius 2 is 1.89 bits per heavy atom. The molecule has 1 aromatic carbocycles. The average Bonchev–Trinajstić information content (AvgIpc) is 2.32. The number of halogens is 2. The summed E-state index contributed by atoms with van der Waals surface area (Å²) in [5.41, 5.74) is 3.59. The van der Waals surface area contributed by atoms with E-state index in [1.165, 1.54) is 0 Å². The summed E-state index contributed by atoms with van der Waals surface area (Å²) < 4.78 is 1.74. The van der Waals surface area contributed by atoms with Crippen LogP contribution in [0.1, 0.15) is 10.4 Å². The molecule has 0 saturated carbocycles. The number of nitrogens with one attached hydrogen (secondary N) is 1. The fraction of sp³-hybridized carbons (Fsp3) is 0.417. The van der Waals surface area contributed by atoms with Crippen molar-refractivity contribution in [1.82, 2.24) is 15.3 Å². The zero-order chi connectivity index (χ0) is 13.1. The van der Waals surface area contributed by atoms with Crippen LogP contribution in [0.2, 0.25) is 0 Å². The van der Waals surface area contributed by atoms with Gasteiger partial charge in [0.2, 0.25) is 0 Å². The predicted molar refractivity (Wildman–Crippen MR) is 78.4 cm³/mol. The van der Waals surface area contributed by atoms with Gasteiger partial charge in [-0.2, -0.15) is 0 Å². The van der Waals surface area contributed by atoms with Crippen molar-refractivity contribution in [3.8, 4) is 0 Å². The number of hydrogen-bond acceptors (Lipinski definition) is 3. The third-order valence-corrected chi connectivity index (χ3v) is 4.09. The molecule has 0 spiro atoms. The third-order valence-electron chi connectivity index (χ3n) is 2.94. The second-order valence-corrected chi connectivity index (χ2v) is 6.13. The first-order valence-corrected chi connectivity index (χ1v) is 7.34. The van der Waals surface area contributed by atoms with E-state index < -0.39 is 0 Å². The van der Waals surface area contributed by atoms with E-state index in [2.05, 4.69) is 49.2 Å². The third kappa shape index (κ3) is 3.54. The SMILES string of the molecule is CN1CCN(NC(=O)c2ccc(Br)cc2Br)CC1. The van der Waals surface area contributed by atoms with E-state index in [4.69, 9.17) is 0 Å². The van der Waals surface area contributed by atoms with Crippen LogP contribution < -0.4 is 5.43 Å². The first-order valence-electron chi connectivity index (χ1n) is 5.76. The number of nitrogens with zero attached hydrogens (tertiary/aromatic N) is 2. The zero-order valence-electron chi connectivity index (χ0n) is 10.1. The molecule has 1 N–H and O–H groups in total. The number of carbonyl (C=O) groups excluding carboxylic acids is 1. The minimum Gasteiger partial charge on any atom is -0.304 e. The lowest BCUT2D eigenvalue weighted by Gasteiger charge is -2.32. The largest absolute Gasteiger partial charge is 0.304 e. The summed E-state index contributed by atoms with van der Waals surface area (Å²) >= 11 is 6.78. The number of amides is 1. The van der Waals surface area contributed by atoms with Crippen molar-refractivity contribution in [3.05, 3.63) is 32.7 Å². The number of likely N-dealkylation sites (N-methyl/N-ethyl adjacent to an activating group) is 1. The van der Waals surface area contributed by atoms with E-state index in [9.17, 15) is 4.79 Å². The number of rotatable bonds is 2. The van der Waals surface area contributed by atoms with Crippen molar-refractivity contribution in [1.29, 1.82) is 0 Å². The van der Waals surface area contributed by atoms with Crippen LogP contribution >= 0.6 is 31.9 Å². The molecule has 0 aliphatic carbocycles. The highest BCUT2D eigenvalue weighted by Crippen LogP contribution is 2.21. The number of hydrogen-bond donors (Lipinski definition) is 1. The molecule has 0 radical (unpaired) electrons. The lowest BCUT2D eigenvalue weighted by atomic mass is 10.2. The lowest BCUT2D eigenvalue weighted by molar-refractivity contribution is 0.0662. The highest BCUT2D eigenvalue weighted by Gasteiger charge is 2.17. The Balaban J connectivity index is 1.99. The number of carbonyl (C=O) groups is 1. The Bertz CT molecular complexity index is 445. The second-order valence-electron chi connectivity index (χ2n) is 4.36. The summed E-state index contributed by atoms with van der Waals surface area (Å²) in [5, 5.41) is 1.97. The molecule has 0 atom stereocenters. The van der Waals surface area contributed by atoms with Gasteiger partial charge in [-0.05, 0) is 41.2 Å². The standard InChI is InChI=1S/C12H15Br2N3O/c1-16-4-6-17(7-5-16)15-12(18)10-3-2-9(13)8-11(10)14/h2-3,8H,4-7H2,1H3,(H,15,18). The molecule has 6 heteroatoms. The normalized spacial score (nSPS) is 17.7. The second kappa shape index (κ2) is 6.14. The smallest absolute Gasteiger partial charge is 0.266 e. The molecule has 1 aliphatic heterocycles. The van der Waals surface area contributed by atoms with Gasteiger partial charge in [0.25, 0.3) is 5.91 Å². The van der Waals surface area contributed by atoms with Gasteiger partial charge in [-0.1, -0.05) is 15.9 Å². The minimum absolute atomic E-state index is 0.0704. The maximum Gasteiger partial charge on any atom is 0.266 e. The first kappa shape index (κ1) is 14.0. The van der Waals surface area contributed by atoms with Gasteiger partial charge in [0.15, 0.2) is 0 Å². The van der Waals surface area contributed by atoms with Crippen molar-refractivity contribution in [2.45, 2.75) is 0 Å². The van der Waals surface area contributed by atoms with Gasteiger partial charge in [-0.25, -0.2) is 5.01 Å². The van der Waals surface area contributed by atoms with Crippen LogP contribution in [0.3, 0.4) is 0 Å². The van der Waals surface area contributed by atoms with Crippen molar-refractivity contribution < 1.29 is 4.79 Å². The van der Waals surface area contributed by atoms with Crippen LogP contribution in [0.25, 0.3) is 0 Å². The summed E-state index contributed by atoms with van der Waals surface area (Å²) in [5.74, 6) is -0.0704. The van der Waals surface area contributed by atoms with E-state index in [-0.39, 0.29) is 5.91 Å². The molecule has 2 rings (SSSR count). The van der Waals surface area contributed by atoms with E-state index in [0.29, 0.717) is 5.56 Å². The maximum atomic E-state index is 12.1. The molecule has 1 fully saturated rings. The van der Waals surface area contributed by atoms with Crippen molar-refractivity contribution >= 4 is 37.8 Å². The van der Waals surface area contributed by atoms with E-state index in [1.807, 2.05) is 17.1 Å². The van der Waals surface area contributed by atoms with E-state index >= 15 is 0 Å². The molecule has 0 unspecified atom stereocenters. The van der Waals surface area contributed by atoms with Crippen molar-refractivity contribution in [3.63, 3.8) is 0 Å². The molecular formula is C12H15Br2N3O. The lowest BCUT2D eigenvalue weighted by Crippen LogP contribution is -2.52. The number of hydrazine groups is 1. The quantitative estimate of drug-likeness (QED) is 0.858. The maximum absolute atomic E-state index is 12.1. The molecule has 1 aromatic rings.